The highest BCUT2D eigenvalue weighted by atomic mass is 32.2. The summed E-state index contributed by atoms with van der Waals surface area (Å²) in [4.78, 5) is 27.6. The molecule has 10 heteroatoms. The molecule has 1 N–H and O–H groups in total. The molecule has 24 heavy (non-hydrogen) atoms. The largest absolute Gasteiger partial charge is 0.290 e. The molecule has 0 aliphatic heterocycles. The number of nitrogens with zero attached hydrogens (tertiary/aromatic N) is 4. The van der Waals surface area contributed by atoms with Crippen LogP contribution in [-0.4, -0.2) is 49.6 Å². The molecule has 9 nitrogen and oxygen atoms in total. The van der Waals surface area contributed by atoms with Gasteiger partial charge in [0.05, 0.1) is 18.3 Å². The van der Waals surface area contributed by atoms with Gasteiger partial charge in [-0.25, -0.2) is 13.4 Å². The zero-order chi connectivity index (χ0) is 17.2. The van der Waals surface area contributed by atoms with Crippen LogP contribution in [0.15, 0.2) is 42.9 Å². The summed E-state index contributed by atoms with van der Waals surface area (Å²) >= 11 is 0. The van der Waals surface area contributed by atoms with E-state index < -0.39 is 33.3 Å². The first-order valence-electron chi connectivity index (χ1n) is 7.03. The summed E-state index contributed by atoms with van der Waals surface area (Å²) in [6, 6.07) is 1.39. The predicted octanol–water partition coefficient (Wildman–Crippen LogP) is 0.0583. The number of ketones is 2. The van der Waals surface area contributed by atoms with Crippen molar-refractivity contribution in [2.75, 3.05) is 0 Å². The molecular formula is C14H13N5O4S. The van der Waals surface area contributed by atoms with Crippen LogP contribution in [-0.2, 0) is 21.2 Å². The molecular weight excluding hydrogens is 334 g/mol. The Morgan fingerprint density at radius 3 is 2.83 bits per heavy atom. The van der Waals surface area contributed by atoms with Crippen LogP contribution < -0.4 is 0 Å². The fraction of sp³-hybridized carbons (Fsp3) is 0.214. The molecule has 1 unspecified atom stereocenters. The number of aromatic nitrogens is 5. The van der Waals surface area contributed by atoms with Gasteiger partial charge in [-0.2, -0.15) is 14.3 Å². The summed E-state index contributed by atoms with van der Waals surface area (Å²) in [5.74, 6) is -1.85. The zero-order valence-corrected chi connectivity index (χ0v) is 13.2. The van der Waals surface area contributed by atoms with Crippen molar-refractivity contribution in [2.45, 2.75) is 18.1 Å². The molecule has 2 aromatic rings. The minimum Gasteiger partial charge on any atom is -0.290 e. The average Bonchev–Trinajstić information content (AvgIpc) is 3.26. The Morgan fingerprint density at radius 2 is 2.17 bits per heavy atom. The summed E-state index contributed by atoms with van der Waals surface area (Å²) in [5.41, 5.74) is 0.121. The number of hydrogen-bond acceptors (Lipinski definition) is 7. The third-order valence-electron chi connectivity index (χ3n) is 3.47. The molecule has 2 heterocycles. The molecule has 0 aromatic carbocycles. The molecule has 0 saturated heterocycles. The van der Waals surface area contributed by atoms with Crippen molar-refractivity contribution in [1.82, 2.24) is 24.4 Å². The van der Waals surface area contributed by atoms with E-state index in [9.17, 15) is 18.0 Å². The quantitative estimate of drug-likeness (QED) is 0.578. The van der Waals surface area contributed by atoms with Crippen LogP contribution in [0.2, 0.25) is 0 Å². The highest BCUT2D eigenvalue weighted by Crippen LogP contribution is 2.17. The Labute approximate surface area is 137 Å². The summed E-state index contributed by atoms with van der Waals surface area (Å²) in [5, 5.41) is 8.86. The normalized spacial score (nSPS) is 17.1. The Hall–Kier alpha value is -2.88. The highest BCUT2D eigenvalue weighted by molar-refractivity contribution is 7.90. The van der Waals surface area contributed by atoms with Crippen molar-refractivity contribution < 1.29 is 18.0 Å². The monoisotopic (exact) mass is 347 g/mol. The van der Waals surface area contributed by atoms with Crippen molar-refractivity contribution >= 4 is 21.6 Å². The molecule has 124 valence electrons. The predicted molar refractivity (Wildman–Crippen MR) is 82.7 cm³/mol. The first-order valence-corrected chi connectivity index (χ1v) is 8.54. The van der Waals surface area contributed by atoms with Gasteiger partial charge in [0.25, 0.3) is 15.8 Å². The molecule has 1 atom stereocenters. The second-order valence-corrected chi connectivity index (χ2v) is 7.04. The van der Waals surface area contributed by atoms with Crippen molar-refractivity contribution in [3.8, 4) is 0 Å². The van der Waals surface area contributed by atoms with E-state index in [0.29, 0.717) is 6.42 Å². The van der Waals surface area contributed by atoms with Gasteiger partial charge in [-0.1, -0.05) is 24.3 Å². The topological polar surface area (TPSA) is 128 Å². The van der Waals surface area contributed by atoms with E-state index in [4.69, 9.17) is 0 Å². The van der Waals surface area contributed by atoms with Gasteiger partial charge in [-0.05, 0) is 12.5 Å². The third-order valence-corrected chi connectivity index (χ3v) is 5.40. The van der Waals surface area contributed by atoms with Gasteiger partial charge in [0, 0.05) is 0 Å². The summed E-state index contributed by atoms with van der Waals surface area (Å²) in [6.07, 6.45) is 9.02. The molecule has 3 rings (SSSR count). The van der Waals surface area contributed by atoms with Crippen LogP contribution in [0.5, 0.6) is 0 Å². The lowest BCUT2D eigenvalue weighted by molar-refractivity contribution is -0.114. The van der Waals surface area contributed by atoms with Crippen molar-refractivity contribution in [3.05, 3.63) is 54.4 Å². The SMILES string of the molecule is O=C(Cc1ccnn1S(=O)(=O)C1C=CC=CC1)C(=O)c1ncn[nH]1. The van der Waals surface area contributed by atoms with Gasteiger partial charge in [0.15, 0.2) is 5.82 Å². The number of hydrogen-bond donors (Lipinski definition) is 1. The number of allylic oxidation sites excluding steroid dienone is 3. The van der Waals surface area contributed by atoms with Crippen LogP contribution in [0.3, 0.4) is 0 Å². The van der Waals surface area contributed by atoms with Crippen molar-refractivity contribution in [2.24, 2.45) is 0 Å². The molecule has 1 aliphatic rings. The van der Waals surface area contributed by atoms with E-state index in [0.717, 1.165) is 10.4 Å². The average molecular weight is 347 g/mol. The zero-order valence-electron chi connectivity index (χ0n) is 12.4. The number of nitrogens with one attached hydrogen (secondary N) is 1. The number of Topliss-reactive ketones (excluding diaryl/α,β-unsaturated/α-hetero) is 2. The Morgan fingerprint density at radius 1 is 1.33 bits per heavy atom. The van der Waals surface area contributed by atoms with E-state index in [-0.39, 0.29) is 11.5 Å². The Kier molecular flexibility index (Phi) is 4.21. The van der Waals surface area contributed by atoms with Crippen molar-refractivity contribution in [1.29, 1.82) is 0 Å². The smallest absolute Gasteiger partial charge is 0.265 e. The molecule has 0 radical (unpaired) electrons. The lowest BCUT2D eigenvalue weighted by atomic mass is 10.1. The molecule has 2 aromatic heterocycles. The molecule has 0 fully saturated rings. The summed E-state index contributed by atoms with van der Waals surface area (Å²) < 4.78 is 26.1. The van der Waals surface area contributed by atoms with E-state index >= 15 is 0 Å². The molecule has 0 amide bonds. The first kappa shape index (κ1) is 16.0. The fourth-order valence-corrected chi connectivity index (χ4v) is 3.81. The second-order valence-electron chi connectivity index (χ2n) is 5.06. The van der Waals surface area contributed by atoms with Crippen LogP contribution in [0.4, 0.5) is 0 Å². The first-order chi connectivity index (χ1) is 11.5. The Balaban J connectivity index is 1.83. The highest BCUT2D eigenvalue weighted by Gasteiger charge is 2.29. The van der Waals surface area contributed by atoms with Gasteiger partial charge in [-0.15, -0.1) is 0 Å². The number of carbonyl (C=O) groups is 2. The Bertz CT molecular complexity index is 924. The second kappa shape index (κ2) is 6.32. The van der Waals surface area contributed by atoms with E-state index in [1.54, 1.807) is 24.3 Å². The fourth-order valence-electron chi connectivity index (χ4n) is 2.27. The number of H-pyrrole nitrogens is 1. The lowest BCUT2D eigenvalue weighted by Gasteiger charge is -2.15. The number of aromatic amines is 1. The number of rotatable bonds is 6. The van der Waals surface area contributed by atoms with Crippen LogP contribution >= 0.6 is 0 Å². The molecule has 0 spiro atoms. The summed E-state index contributed by atoms with van der Waals surface area (Å²) in [7, 11) is -3.81. The van der Waals surface area contributed by atoms with Crippen LogP contribution in [0, 0.1) is 0 Å². The van der Waals surface area contributed by atoms with Gasteiger partial charge in [0.2, 0.25) is 5.78 Å². The molecule has 1 aliphatic carbocycles. The summed E-state index contributed by atoms with van der Waals surface area (Å²) in [6.45, 7) is 0. The van der Waals surface area contributed by atoms with Crippen LogP contribution in [0.1, 0.15) is 22.7 Å². The van der Waals surface area contributed by atoms with Gasteiger partial charge < -0.3 is 0 Å². The maximum atomic E-state index is 12.6. The van der Waals surface area contributed by atoms with E-state index in [1.165, 1.54) is 12.3 Å². The molecule has 0 saturated carbocycles. The standard InChI is InChI=1S/C14H13N5O4S/c20-12(13(21)14-15-9-16-18-14)8-10-6-7-17-19(10)24(22,23)11-4-2-1-3-5-11/h1-4,6-7,9,11H,5,8H2,(H,15,16,18). The third kappa shape index (κ3) is 2.95. The maximum Gasteiger partial charge on any atom is 0.265 e. The van der Waals surface area contributed by atoms with Crippen LogP contribution in [0.25, 0.3) is 0 Å². The van der Waals surface area contributed by atoms with Gasteiger partial charge in [-0.3, -0.25) is 14.7 Å². The maximum absolute atomic E-state index is 12.6. The van der Waals surface area contributed by atoms with E-state index in [2.05, 4.69) is 20.3 Å². The number of carbonyl (C=O) groups excluding carboxylic acids is 2. The minimum absolute atomic E-state index is 0.121. The van der Waals surface area contributed by atoms with E-state index in [1.807, 2.05) is 0 Å². The van der Waals surface area contributed by atoms with Gasteiger partial charge in [0.1, 0.15) is 11.6 Å². The minimum atomic E-state index is -3.81. The molecule has 0 bridgehead atoms. The van der Waals surface area contributed by atoms with Crippen molar-refractivity contribution in [3.63, 3.8) is 0 Å². The van der Waals surface area contributed by atoms with Gasteiger partial charge >= 0.3 is 0 Å². The lowest BCUT2D eigenvalue weighted by Crippen LogP contribution is -2.30.